The molecule has 2 N–H and O–H groups in total. The summed E-state index contributed by atoms with van der Waals surface area (Å²) in [6.45, 7) is 0.935. The molecule has 0 unspecified atom stereocenters. The predicted octanol–water partition coefficient (Wildman–Crippen LogP) is 1.09. The van der Waals surface area contributed by atoms with Gasteiger partial charge < -0.3 is 10.6 Å². The number of hydrogen-bond donors (Lipinski definition) is 1. The van der Waals surface area contributed by atoms with Gasteiger partial charge in [0.2, 0.25) is 0 Å². The summed E-state index contributed by atoms with van der Waals surface area (Å²) >= 11 is 0. The molecule has 0 amide bonds. The molecule has 76 valence electrons. The Morgan fingerprint density at radius 1 is 1.43 bits per heavy atom. The second-order valence-electron chi connectivity index (χ2n) is 4.45. The Labute approximate surface area is 84.9 Å². The second-order valence-corrected chi connectivity index (χ2v) is 4.45. The fraction of sp³-hybridized carbons (Fsp3) is 0.545. The van der Waals surface area contributed by atoms with Gasteiger partial charge in [-0.3, -0.25) is 4.98 Å². The quantitative estimate of drug-likeness (QED) is 0.777. The molecule has 3 heteroatoms. The van der Waals surface area contributed by atoms with Gasteiger partial charge in [-0.05, 0) is 38.6 Å². The molecule has 1 aromatic rings. The maximum absolute atomic E-state index is 6.05. The molecule has 1 fully saturated rings. The van der Waals surface area contributed by atoms with E-state index in [2.05, 4.69) is 36.1 Å². The van der Waals surface area contributed by atoms with Crippen molar-refractivity contribution in [1.29, 1.82) is 0 Å². The molecule has 1 saturated carbocycles. The SMILES string of the molecule is CN(C)Cc1ccc(C2(N)CC2)nc1. The van der Waals surface area contributed by atoms with Crippen LogP contribution in [-0.4, -0.2) is 24.0 Å². The Balaban J connectivity index is 2.10. The van der Waals surface area contributed by atoms with Gasteiger partial charge in [-0.2, -0.15) is 0 Å². The molecule has 0 saturated heterocycles. The summed E-state index contributed by atoms with van der Waals surface area (Å²) in [5.74, 6) is 0. The van der Waals surface area contributed by atoms with Gasteiger partial charge in [-0.25, -0.2) is 0 Å². The second kappa shape index (κ2) is 3.33. The average Bonchev–Trinajstić information content (AvgIpc) is 2.85. The molecule has 1 aliphatic rings. The minimum Gasteiger partial charge on any atom is -0.320 e. The molecule has 14 heavy (non-hydrogen) atoms. The predicted molar refractivity (Wildman–Crippen MR) is 56.7 cm³/mol. The molecule has 1 aromatic heterocycles. The molecular weight excluding hydrogens is 174 g/mol. The zero-order valence-electron chi connectivity index (χ0n) is 8.83. The standard InChI is InChI=1S/C11H17N3/c1-14(2)8-9-3-4-10(13-7-9)11(12)5-6-11/h3-4,7H,5-6,8,12H2,1-2H3. The summed E-state index contributed by atoms with van der Waals surface area (Å²) in [5.41, 5.74) is 8.23. The monoisotopic (exact) mass is 191 g/mol. The van der Waals surface area contributed by atoms with E-state index in [4.69, 9.17) is 5.73 Å². The summed E-state index contributed by atoms with van der Waals surface area (Å²) in [5, 5.41) is 0. The van der Waals surface area contributed by atoms with Crippen molar-refractivity contribution < 1.29 is 0 Å². The highest BCUT2D eigenvalue weighted by Gasteiger charge is 2.41. The highest BCUT2D eigenvalue weighted by molar-refractivity contribution is 5.24. The molecule has 2 rings (SSSR count). The van der Waals surface area contributed by atoms with Crippen LogP contribution in [0.15, 0.2) is 18.3 Å². The Hall–Kier alpha value is -0.930. The van der Waals surface area contributed by atoms with Crippen LogP contribution in [0.4, 0.5) is 0 Å². The highest BCUT2D eigenvalue weighted by atomic mass is 15.0. The smallest absolute Gasteiger partial charge is 0.0602 e. The van der Waals surface area contributed by atoms with E-state index < -0.39 is 0 Å². The van der Waals surface area contributed by atoms with Gasteiger partial charge in [0.05, 0.1) is 11.2 Å². The lowest BCUT2D eigenvalue weighted by molar-refractivity contribution is 0.401. The van der Waals surface area contributed by atoms with E-state index in [1.165, 1.54) is 5.56 Å². The number of aromatic nitrogens is 1. The first-order valence-electron chi connectivity index (χ1n) is 4.99. The molecule has 3 nitrogen and oxygen atoms in total. The van der Waals surface area contributed by atoms with Crippen molar-refractivity contribution in [1.82, 2.24) is 9.88 Å². The van der Waals surface area contributed by atoms with E-state index in [9.17, 15) is 0 Å². The fourth-order valence-electron chi connectivity index (χ4n) is 1.57. The van der Waals surface area contributed by atoms with E-state index in [0.29, 0.717) is 0 Å². The Kier molecular flexibility index (Phi) is 2.29. The minimum absolute atomic E-state index is 0.101. The Morgan fingerprint density at radius 2 is 2.14 bits per heavy atom. The molecule has 1 heterocycles. The maximum atomic E-state index is 6.05. The molecule has 1 aliphatic carbocycles. The van der Waals surface area contributed by atoms with Crippen LogP contribution < -0.4 is 5.73 Å². The zero-order chi connectivity index (χ0) is 10.2. The third-order valence-corrected chi connectivity index (χ3v) is 2.62. The van der Waals surface area contributed by atoms with Gasteiger partial charge in [-0.1, -0.05) is 6.07 Å². The average molecular weight is 191 g/mol. The first-order valence-corrected chi connectivity index (χ1v) is 4.99. The van der Waals surface area contributed by atoms with Crippen LogP contribution in [0.5, 0.6) is 0 Å². The molecule has 0 aromatic carbocycles. The van der Waals surface area contributed by atoms with Crippen LogP contribution in [0.1, 0.15) is 24.1 Å². The minimum atomic E-state index is -0.101. The van der Waals surface area contributed by atoms with Crippen molar-refractivity contribution in [3.8, 4) is 0 Å². The molecular formula is C11H17N3. The molecule has 0 aliphatic heterocycles. The van der Waals surface area contributed by atoms with Crippen molar-refractivity contribution in [2.24, 2.45) is 5.73 Å². The van der Waals surface area contributed by atoms with Gasteiger partial charge >= 0.3 is 0 Å². The lowest BCUT2D eigenvalue weighted by atomic mass is 10.1. The van der Waals surface area contributed by atoms with Crippen molar-refractivity contribution in [2.45, 2.75) is 24.9 Å². The Bertz CT molecular complexity index is 312. The highest BCUT2D eigenvalue weighted by Crippen LogP contribution is 2.41. The summed E-state index contributed by atoms with van der Waals surface area (Å²) < 4.78 is 0. The van der Waals surface area contributed by atoms with E-state index in [1.54, 1.807) is 0 Å². The Morgan fingerprint density at radius 3 is 2.57 bits per heavy atom. The van der Waals surface area contributed by atoms with Gasteiger partial charge in [0.25, 0.3) is 0 Å². The van der Waals surface area contributed by atoms with Gasteiger partial charge in [-0.15, -0.1) is 0 Å². The molecule has 0 radical (unpaired) electrons. The summed E-state index contributed by atoms with van der Waals surface area (Å²) in [6, 6.07) is 4.18. The maximum Gasteiger partial charge on any atom is 0.0602 e. The van der Waals surface area contributed by atoms with Crippen molar-refractivity contribution in [3.05, 3.63) is 29.6 Å². The fourth-order valence-corrected chi connectivity index (χ4v) is 1.57. The van der Waals surface area contributed by atoms with Crippen LogP contribution in [0, 0.1) is 0 Å². The van der Waals surface area contributed by atoms with Gasteiger partial charge in [0.15, 0.2) is 0 Å². The lowest BCUT2D eigenvalue weighted by Crippen LogP contribution is -2.20. The third-order valence-electron chi connectivity index (χ3n) is 2.62. The van der Waals surface area contributed by atoms with Crippen molar-refractivity contribution in [2.75, 3.05) is 14.1 Å². The van der Waals surface area contributed by atoms with Crippen LogP contribution in [0.3, 0.4) is 0 Å². The first-order chi connectivity index (χ1) is 6.60. The lowest BCUT2D eigenvalue weighted by Gasteiger charge is -2.11. The van der Waals surface area contributed by atoms with Crippen LogP contribution in [0.2, 0.25) is 0 Å². The van der Waals surface area contributed by atoms with Crippen LogP contribution >= 0.6 is 0 Å². The molecule has 0 atom stereocenters. The number of nitrogens with zero attached hydrogens (tertiary/aromatic N) is 2. The topological polar surface area (TPSA) is 42.1 Å². The normalized spacial score (nSPS) is 18.6. The van der Waals surface area contributed by atoms with Crippen LogP contribution in [0.25, 0.3) is 0 Å². The zero-order valence-corrected chi connectivity index (χ0v) is 8.83. The van der Waals surface area contributed by atoms with Crippen molar-refractivity contribution >= 4 is 0 Å². The van der Waals surface area contributed by atoms with E-state index in [-0.39, 0.29) is 5.54 Å². The van der Waals surface area contributed by atoms with E-state index in [0.717, 1.165) is 25.1 Å². The van der Waals surface area contributed by atoms with E-state index in [1.807, 2.05) is 6.20 Å². The summed E-state index contributed by atoms with van der Waals surface area (Å²) in [6.07, 6.45) is 4.09. The van der Waals surface area contributed by atoms with Crippen LogP contribution in [-0.2, 0) is 12.1 Å². The number of pyridine rings is 1. The van der Waals surface area contributed by atoms with Gasteiger partial charge in [0.1, 0.15) is 0 Å². The first kappa shape index (κ1) is 9.62. The third kappa shape index (κ3) is 1.94. The largest absolute Gasteiger partial charge is 0.320 e. The van der Waals surface area contributed by atoms with Gasteiger partial charge in [0, 0.05) is 12.7 Å². The number of hydrogen-bond acceptors (Lipinski definition) is 3. The number of rotatable bonds is 3. The summed E-state index contributed by atoms with van der Waals surface area (Å²) in [4.78, 5) is 6.54. The van der Waals surface area contributed by atoms with Crippen molar-refractivity contribution in [3.63, 3.8) is 0 Å². The molecule has 0 spiro atoms. The molecule has 0 bridgehead atoms. The number of nitrogens with two attached hydrogens (primary N) is 1. The summed E-state index contributed by atoms with van der Waals surface area (Å²) in [7, 11) is 4.11. The van der Waals surface area contributed by atoms with E-state index >= 15 is 0 Å².